The number of rotatable bonds is 8. The first-order valence-electron chi connectivity index (χ1n) is 7.33. The topological polar surface area (TPSA) is 72.5 Å². The van der Waals surface area contributed by atoms with Gasteiger partial charge in [-0.3, -0.25) is 9.78 Å². The quantitative estimate of drug-likeness (QED) is 0.730. The Hall–Kier alpha value is -2.60. The van der Waals surface area contributed by atoms with Crippen LogP contribution in [0.4, 0.5) is 5.69 Å². The van der Waals surface area contributed by atoms with Gasteiger partial charge in [0.2, 0.25) is 0 Å². The van der Waals surface area contributed by atoms with Crippen LogP contribution in [-0.2, 0) is 11.3 Å². The molecule has 0 saturated carbocycles. The van der Waals surface area contributed by atoms with Crippen LogP contribution in [-0.4, -0.2) is 38.3 Å². The van der Waals surface area contributed by atoms with Crippen molar-refractivity contribution >= 4 is 11.6 Å². The number of benzene rings is 1. The number of nitrogens with one attached hydrogen (secondary N) is 2. The fraction of sp³-hybridized carbons (Fsp3) is 0.294. The summed E-state index contributed by atoms with van der Waals surface area (Å²) in [6, 6.07) is 11.3. The number of methoxy groups -OCH3 is 2. The zero-order valence-corrected chi connectivity index (χ0v) is 13.3. The van der Waals surface area contributed by atoms with Gasteiger partial charge in [0.05, 0.1) is 13.7 Å². The lowest BCUT2D eigenvalue weighted by Crippen LogP contribution is -2.27. The number of nitrogens with zero attached hydrogens (tertiary/aromatic N) is 1. The molecular formula is C17H21N3O3. The lowest BCUT2D eigenvalue weighted by molar-refractivity contribution is 0.0932. The molecule has 0 saturated heterocycles. The Morgan fingerprint density at radius 3 is 2.83 bits per heavy atom. The van der Waals surface area contributed by atoms with Crippen molar-refractivity contribution in [1.29, 1.82) is 0 Å². The van der Waals surface area contributed by atoms with Crippen molar-refractivity contribution in [1.82, 2.24) is 10.3 Å². The molecule has 2 N–H and O–H groups in total. The van der Waals surface area contributed by atoms with Gasteiger partial charge in [0.15, 0.2) is 0 Å². The molecule has 0 fully saturated rings. The smallest absolute Gasteiger partial charge is 0.270 e. The number of ether oxygens (including phenoxy) is 2. The minimum atomic E-state index is -0.219. The molecule has 1 heterocycles. The summed E-state index contributed by atoms with van der Waals surface area (Å²) >= 11 is 0. The fourth-order valence-electron chi connectivity index (χ4n) is 2.07. The second-order valence-corrected chi connectivity index (χ2v) is 4.84. The molecule has 6 nitrogen and oxygen atoms in total. The molecule has 0 spiro atoms. The molecule has 0 bridgehead atoms. The van der Waals surface area contributed by atoms with E-state index in [2.05, 4.69) is 15.6 Å². The van der Waals surface area contributed by atoms with E-state index >= 15 is 0 Å². The SMILES string of the molecule is COCCNC(=O)c1cc(NCc2ccccc2OC)ccn1. The molecule has 0 aliphatic rings. The van der Waals surface area contributed by atoms with Gasteiger partial charge in [-0.05, 0) is 18.2 Å². The number of hydrogen-bond donors (Lipinski definition) is 2. The van der Waals surface area contributed by atoms with Crippen LogP contribution >= 0.6 is 0 Å². The molecule has 0 aliphatic carbocycles. The summed E-state index contributed by atoms with van der Waals surface area (Å²) in [7, 11) is 3.24. The maximum atomic E-state index is 12.0. The molecule has 2 rings (SSSR count). The highest BCUT2D eigenvalue weighted by molar-refractivity contribution is 5.93. The summed E-state index contributed by atoms with van der Waals surface area (Å²) in [6.45, 7) is 1.52. The third-order valence-corrected chi connectivity index (χ3v) is 3.26. The van der Waals surface area contributed by atoms with Gasteiger partial charge >= 0.3 is 0 Å². The van der Waals surface area contributed by atoms with Crippen LogP contribution in [0, 0.1) is 0 Å². The first-order chi connectivity index (χ1) is 11.2. The van der Waals surface area contributed by atoms with E-state index in [-0.39, 0.29) is 5.91 Å². The molecule has 23 heavy (non-hydrogen) atoms. The van der Waals surface area contributed by atoms with Crippen LogP contribution in [0.2, 0.25) is 0 Å². The highest BCUT2D eigenvalue weighted by atomic mass is 16.5. The van der Waals surface area contributed by atoms with Crippen molar-refractivity contribution in [3.8, 4) is 5.75 Å². The molecule has 2 aromatic rings. The number of carbonyl (C=O) groups is 1. The lowest BCUT2D eigenvalue weighted by Gasteiger charge is -2.11. The number of para-hydroxylation sites is 1. The largest absolute Gasteiger partial charge is 0.496 e. The van der Waals surface area contributed by atoms with E-state index in [1.165, 1.54) is 0 Å². The van der Waals surface area contributed by atoms with E-state index < -0.39 is 0 Å². The molecule has 1 aromatic carbocycles. The van der Waals surface area contributed by atoms with Crippen LogP contribution in [0.15, 0.2) is 42.6 Å². The van der Waals surface area contributed by atoms with Crippen molar-refractivity contribution in [2.24, 2.45) is 0 Å². The molecule has 0 aliphatic heterocycles. The number of amides is 1. The highest BCUT2D eigenvalue weighted by Gasteiger charge is 2.08. The van der Waals surface area contributed by atoms with Crippen molar-refractivity contribution in [3.63, 3.8) is 0 Å². The first-order valence-corrected chi connectivity index (χ1v) is 7.33. The number of pyridine rings is 1. The van der Waals surface area contributed by atoms with E-state index in [9.17, 15) is 4.79 Å². The van der Waals surface area contributed by atoms with Gasteiger partial charge in [0.1, 0.15) is 11.4 Å². The summed E-state index contributed by atoms with van der Waals surface area (Å²) in [5.41, 5.74) is 2.23. The Morgan fingerprint density at radius 1 is 1.22 bits per heavy atom. The van der Waals surface area contributed by atoms with Crippen molar-refractivity contribution in [3.05, 3.63) is 53.9 Å². The molecule has 0 atom stereocenters. The van der Waals surface area contributed by atoms with Crippen LogP contribution in [0.5, 0.6) is 5.75 Å². The van der Waals surface area contributed by atoms with Gasteiger partial charge in [0.25, 0.3) is 5.91 Å². The van der Waals surface area contributed by atoms with Gasteiger partial charge in [-0.2, -0.15) is 0 Å². The van der Waals surface area contributed by atoms with Gasteiger partial charge < -0.3 is 20.1 Å². The number of hydrogen-bond acceptors (Lipinski definition) is 5. The molecule has 6 heteroatoms. The zero-order valence-electron chi connectivity index (χ0n) is 13.3. The maximum absolute atomic E-state index is 12.0. The molecule has 0 radical (unpaired) electrons. The van der Waals surface area contributed by atoms with E-state index in [1.54, 1.807) is 26.5 Å². The van der Waals surface area contributed by atoms with Crippen LogP contribution < -0.4 is 15.4 Å². The Balaban J connectivity index is 1.98. The predicted octanol–water partition coefficient (Wildman–Crippen LogP) is 2.08. The monoisotopic (exact) mass is 315 g/mol. The third-order valence-electron chi connectivity index (χ3n) is 3.26. The lowest BCUT2D eigenvalue weighted by atomic mass is 10.2. The predicted molar refractivity (Wildman–Crippen MR) is 88.8 cm³/mol. The Labute approximate surface area is 135 Å². The Morgan fingerprint density at radius 2 is 2.04 bits per heavy atom. The van der Waals surface area contributed by atoms with E-state index in [0.717, 1.165) is 17.0 Å². The van der Waals surface area contributed by atoms with Gasteiger partial charge in [-0.25, -0.2) is 0 Å². The Bertz CT molecular complexity index is 646. The van der Waals surface area contributed by atoms with E-state index in [4.69, 9.17) is 9.47 Å². The standard InChI is InChI=1S/C17H21N3O3/c1-22-10-9-19-17(21)15-11-14(7-8-18-15)20-12-13-5-3-4-6-16(13)23-2/h3-8,11H,9-10,12H2,1-2H3,(H,18,20)(H,19,21). The minimum Gasteiger partial charge on any atom is -0.496 e. The summed E-state index contributed by atoms with van der Waals surface area (Å²) in [5, 5.41) is 6.02. The van der Waals surface area contributed by atoms with Crippen LogP contribution in [0.1, 0.15) is 16.1 Å². The summed E-state index contributed by atoms with van der Waals surface area (Å²) < 4.78 is 10.2. The van der Waals surface area contributed by atoms with E-state index in [1.807, 2.05) is 30.3 Å². The van der Waals surface area contributed by atoms with Crippen molar-refractivity contribution in [2.45, 2.75) is 6.54 Å². The Kier molecular flexibility index (Phi) is 6.38. The molecular weight excluding hydrogens is 294 g/mol. The van der Waals surface area contributed by atoms with Gasteiger partial charge in [-0.1, -0.05) is 18.2 Å². The first kappa shape index (κ1) is 16.8. The minimum absolute atomic E-state index is 0.219. The summed E-state index contributed by atoms with van der Waals surface area (Å²) in [6.07, 6.45) is 1.61. The molecule has 122 valence electrons. The van der Waals surface area contributed by atoms with Gasteiger partial charge in [0, 0.05) is 37.6 Å². The number of aromatic nitrogens is 1. The summed E-state index contributed by atoms with van der Waals surface area (Å²) in [4.78, 5) is 16.1. The van der Waals surface area contributed by atoms with E-state index in [0.29, 0.717) is 25.4 Å². The maximum Gasteiger partial charge on any atom is 0.270 e. The average Bonchev–Trinajstić information content (AvgIpc) is 2.60. The van der Waals surface area contributed by atoms with Crippen LogP contribution in [0.25, 0.3) is 0 Å². The molecule has 0 unspecified atom stereocenters. The number of anilines is 1. The zero-order chi connectivity index (χ0) is 16.5. The van der Waals surface area contributed by atoms with Crippen molar-refractivity contribution < 1.29 is 14.3 Å². The molecule has 1 amide bonds. The van der Waals surface area contributed by atoms with Crippen molar-refractivity contribution in [2.75, 3.05) is 32.7 Å². The number of carbonyl (C=O) groups excluding carboxylic acids is 1. The normalized spacial score (nSPS) is 10.2. The second-order valence-electron chi connectivity index (χ2n) is 4.84. The highest BCUT2D eigenvalue weighted by Crippen LogP contribution is 2.19. The fourth-order valence-corrected chi connectivity index (χ4v) is 2.07. The van der Waals surface area contributed by atoms with Gasteiger partial charge in [-0.15, -0.1) is 0 Å². The summed E-state index contributed by atoms with van der Waals surface area (Å²) in [5.74, 6) is 0.606. The third kappa shape index (κ3) is 4.96. The second kappa shape index (κ2) is 8.75. The molecule has 1 aromatic heterocycles. The van der Waals surface area contributed by atoms with Crippen LogP contribution in [0.3, 0.4) is 0 Å². The average molecular weight is 315 g/mol.